The van der Waals surface area contributed by atoms with Gasteiger partial charge in [0.15, 0.2) is 0 Å². The maximum Gasteiger partial charge on any atom is 0.270 e. The average molecular weight is 324 g/mol. The molecule has 1 aliphatic carbocycles. The van der Waals surface area contributed by atoms with Crippen molar-refractivity contribution in [2.75, 3.05) is 5.32 Å². The van der Waals surface area contributed by atoms with Crippen LogP contribution in [0.4, 0.5) is 5.82 Å². The van der Waals surface area contributed by atoms with E-state index in [-0.39, 0.29) is 11.9 Å². The van der Waals surface area contributed by atoms with Gasteiger partial charge in [-0.3, -0.25) is 4.79 Å². The molecular weight excluding hydrogens is 300 g/mol. The van der Waals surface area contributed by atoms with Crippen LogP contribution < -0.4 is 10.6 Å². The number of benzene rings is 1. The fraction of sp³-hybridized carbons (Fsp3) is 0.421. The number of hydrogen-bond acceptors (Lipinski definition) is 4. The van der Waals surface area contributed by atoms with Crippen LogP contribution in [0.3, 0.4) is 0 Å². The first-order valence-electron chi connectivity index (χ1n) is 8.57. The van der Waals surface area contributed by atoms with Crippen molar-refractivity contribution in [2.24, 2.45) is 0 Å². The molecule has 2 N–H and O–H groups in total. The molecule has 1 aromatic heterocycles. The second-order valence-electron chi connectivity index (χ2n) is 6.42. The molecule has 0 unspecified atom stereocenters. The number of aromatic nitrogens is 2. The predicted octanol–water partition coefficient (Wildman–Crippen LogP) is 3.38. The monoisotopic (exact) mass is 324 g/mol. The van der Waals surface area contributed by atoms with Gasteiger partial charge in [0.1, 0.15) is 17.3 Å². The fourth-order valence-corrected chi connectivity index (χ4v) is 3.10. The molecule has 1 amide bonds. The van der Waals surface area contributed by atoms with E-state index in [0.29, 0.717) is 23.9 Å². The molecule has 0 spiro atoms. The van der Waals surface area contributed by atoms with E-state index in [0.717, 1.165) is 12.8 Å². The van der Waals surface area contributed by atoms with Gasteiger partial charge in [-0.05, 0) is 37.8 Å². The molecule has 0 atom stereocenters. The van der Waals surface area contributed by atoms with E-state index in [1.165, 1.54) is 24.0 Å². The molecule has 1 aliphatic rings. The largest absolute Gasteiger partial charge is 0.366 e. The van der Waals surface area contributed by atoms with Crippen LogP contribution >= 0.6 is 0 Å². The summed E-state index contributed by atoms with van der Waals surface area (Å²) < 4.78 is 0. The van der Waals surface area contributed by atoms with Crippen LogP contribution in [0.25, 0.3) is 0 Å². The zero-order valence-electron chi connectivity index (χ0n) is 14.3. The van der Waals surface area contributed by atoms with Gasteiger partial charge in [0.05, 0.1) is 0 Å². The van der Waals surface area contributed by atoms with Crippen LogP contribution in [0, 0.1) is 13.8 Å². The van der Waals surface area contributed by atoms with Crippen LogP contribution in [0.2, 0.25) is 0 Å². The molecule has 126 valence electrons. The number of carbonyl (C=O) groups excluding carboxylic acids is 1. The topological polar surface area (TPSA) is 66.9 Å². The summed E-state index contributed by atoms with van der Waals surface area (Å²) in [6, 6.07) is 10.2. The lowest BCUT2D eigenvalue weighted by Gasteiger charge is -2.13. The first-order valence-corrected chi connectivity index (χ1v) is 8.57. The lowest BCUT2D eigenvalue weighted by Crippen LogP contribution is -2.33. The number of rotatable bonds is 5. The van der Waals surface area contributed by atoms with Gasteiger partial charge in [0.2, 0.25) is 0 Å². The summed E-state index contributed by atoms with van der Waals surface area (Å²) >= 11 is 0. The summed E-state index contributed by atoms with van der Waals surface area (Å²) in [4.78, 5) is 21.1. The predicted molar refractivity (Wildman–Crippen MR) is 95.0 cm³/mol. The molecule has 1 saturated carbocycles. The van der Waals surface area contributed by atoms with E-state index in [1.807, 2.05) is 19.1 Å². The molecule has 0 radical (unpaired) electrons. The van der Waals surface area contributed by atoms with Crippen LogP contribution in [0.15, 0.2) is 30.3 Å². The zero-order chi connectivity index (χ0) is 16.9. The van der Waals surface area contributed by atoms with Crippen molar-refractivity contribution >= 4 is 11.7 Å². The van der Waals surface area contributed by atoms with Crippen molar-refractivity contribution in [2.45, 2.75) is 52.1 Å². The summed E-state index contributed by atoms with van der Waals surface area (Å²) in [5.41, 5.74) is 2.88. The molecule has 24 heavy (non-hydrogen) atoms. The van der Waals surface area contributed by atoms with Gasteiger partial charge in [-0.1, -0.05) is 37.1 Å². The maximum absolute atomic E-state index is 12.4. The fourth-order valence-electron chi connectivity index (χ4n) is 3.10. The van der Waals surface area contributed by atoms with E-state index in [4.69, 9.17) is 0 Å². The minimum Gasteiger partial charge on any atom is -0.366 e. The smallest absolute Gasteiger partial charge is 0.270 e. The quantitative estimate of drug-likeness (QED) is 0.885. The van der Waals surface area contributed by atoms with Crippen LogP contribution in [0.1, 0.15) is 53.1 Å². The third kappa shape index (κ3) is 4.10. The summed E-state index contributed by atoms with van der Waals surface area (Å²) in [6.07, 6.45) is 4.51. The number of nitrogens with zero attached hydrogens (tertiary/aromatic N) is 2. The summed E-state index contributed by atoms with van der Waals surface area (Å²) in [6.45, 7) is 4.57. The first kappa shape index (κ1) is 16.4. The standard InChI is InChI=1S/C19H24N4O/c1-13-7-3-4-8-15(13)12-20-18-11-17(21-14(2)22-18)19(24)23-16-9-5-6-10-16/h3-4,7-8,11,16H,5-6,9-10,12H2,1-2H3,(H,23,24)(H,20,21,22). The van der Waals surface area contributed by atoms with E-state index in [9.17, 15) is 4.79 Å². The van der Waals surface area contributed by atoms with Crippen molar-refractivity contribution in [1.29, 1.82) is 0 Å². The highest BCUT2D eigenvalue weighted by molar-refractivity contribution is 5.93. The van der Waals surface area contributed by atoms with Gasteiger partial charge in [-0.25, -0.2) is 9.97 Å². The third-order valence-electron chi connectivity index (χ3n) is 4.48. The Labute approximate surface area is 142 Å². The Morgan fingerprint density at radius 1 is 1.17 bits per heavy atom. The molecule has 3 rings (SSSR count). The van der Waals surface area contributed by atoms with Crippen LogP contribution in [-0.2, 0) is 6.54 Å². The Morgan fingerprint density at radius 3 is 2.67 bits per heavy atom. The van der Waals surface area contributed by atoms with Crippen LogP contribution in [0.5, 0.6) is 0 Å². The molecule has 2 aromatic rings. The molecule has 5 nitrogen and oxygen atoms in total. The number of aryl methyl sites for hydroxylation is 2. The van der Waals surface area contributed by atoms with Gasteiger partial charge in [0, 0.05) is 18.7 Å². The molecule has 0 bridgehead atoms. The number of hydrogen-bond donors (Lipinski definition) is 2. The van der Waals surface area contributed by atoms with Crippen molar-refractivity contribution in [1.82, 2.24) is 15.3 Å². The van der Waals surface area contributed by atoms with Gasteiger partial charge >= 0.3 is 0 Å². The summed E-state index contributed by atoms with van der Waals surface area (Å²) in [7, 11) is 0. The Morgan fingerprint density at radius 2 is 1.92 bits per heavy atom. The van der Waals surface area contributed by atoms with Gasteiger partial charge in [-0.15, -0.1) is 0 Å². The highest BCUT2D eigenvalue weighted by Crippen LogP contribution is 2.18. The number of anilines is 1. The molecule has 1 heterocycles. The second kappa shape index (κ2) is 7.43. The second-order valence-corrected chi connectivity index (χ2v) is 6.42. The van der Waals surface area contributed by atoms with E-state index in [2.05, 4.69) is 39.7 Å². The zero-order valence-corrected chi connectivity index (χ0v) is 14.3. The lowest BCUT2D eigenvalue weighted by atomic mass is 10.1. The maximum atomic E-state index is 12.4. The van der Waals surface area contributed by atoms with Crippen molar-refractivity contribution in [3.8, 4) is 0 Å². The Kier molecular flexibility index (Phi) is 5.08. The van der Waals surface area contributed by atoms with Gasteiger partial charge < -0.3 is 10.6 Å². The summed E-state index contributed by atoms with van der Waals surface area (Å²) in [5, 5.41) is 6.38. The number of amides is 1. The van der Waals surface area contributed by atoms with Crippen molar-refractivity contribution in [3.63, 3.8) is 0 Å². The molecule has 0 aliphatic heterocycles. The normalized spacial score (nSPS) is 14.6. The SMILES string of the molecule is Cc1nc(NCc2ccccc2C)cc(C(=O)NC2CCCC2)n1. The van der Waals surface area contributed by atoms with E-state index >= 15 is 0 Å². The first-order chi connectivity index (χ1) is 11.6. The average Bonchev–Trinajstić information content (AvgIpc) is 3.06. The molecule has 0 saturated heterocycles. The molecule has 1 fully saturated rings. The highest BCUT2D eigenvalue weighted by atomic mass is 16.1. The Hall–Kier alpha value is -2.43. The molecular formula is C19H24N4O. The Balaban J connectivity index is 1.69. The van der Waals surface area contributed by atoms with Gasteiger partial charge in [-0.2, -0.15) is 0 Å². The van der Waals surface area contributed by atoms with Crippen molar-refractivity contribution in [3.05, 3.63) is 53.0 Å². The van der Waals surface area contributed by atoms with Crippen molar-refractivity contribution < 1.29 is 4.79 Å². The van der Waals surface area contributed by atoms with E-state index < -0.39 is 0 Å². The number of nitrogens with one attached hydrogen (secondary N) is 2. The van der Waals surface area contributed by atoms with Gasteiger partial charge in [0.25, 0.3) is 5.91 Å². The minimum atomic E-state index is -0.105. The van der Waals surface area contributed by atoms with E-state index in [1.54, 1.807) is 6.07 Å². The third-order valence-corrected chi connectivity index (χ3v) is 4.48. The number of carbonyl (C=O) groups is 1. The Bertz CT molecular complexity index is 723. The highest BCUT2D eigenvalue weighted by Gasteiger charge is 2.19. The van der Waals surface area contributed by atoms with Crippen LogP contribution in [-0.4, -0.2) is 21.9 Å². The lowest BCUT2D eigenvalue weighted by molar-refractivity contribution is 0.0932. The molecule has 5 heteroatoms. The summed E-state index contributed by atoms with van der Waals surface area (Å²) in [5.74, 6) is 1.18. The molecule has 1 aromatic carbocycles. The minimum absolute atomic E-state index is 0.105.